The first-order chi connectivity index (χ1) is 10.6. The third kappa shape index (κ3) is 3.24. The van der Waals surface area contributed by atoms with Gasteiger partial charge in [-0.25, -0.2) is 0 Å². The molecule has 0 saturated heterocycles. The van der Waals surface area contributed by atoms with Crippen LogP contribution in [0.25, 0.3) is 5.69 Å². The van der Waals surface area contributed by atoms with Crippen LogP contribution in [0.1, 0.15) is 15.2 Å². The lowest BCUT2D eigenvalue weighted by atomic mass is 10.2. The zero-order chi connectivity index (χ0) is 15.5. The largest absolute Gasteiger partial charge is 0.292 e. The van der Waals surface area contributed by atoms with E-state index in [9.17, 15) is 4.79 Å². The number of hydrogen-bond acceptors (Lipinski definition) is 5. The van der Waals surface area contributed by atoms with Crippen LogP contribution in [-0.4, -0.2) is 26.3 Å². The van der Waals surface area contributed by atoms with Crippen molar-refractivity contribution in [1.82, 2.24) is 14.8 Å². The van der Waals surface area contributed by atoms with Gasteiger partial charge in [0.1, 0.15) is 6.33 Å². The molecule has 0 aliphatic rings. The van der Waals surface area contributed by atoms with E-state index in [1.807, 2.05) is 35.8 Å². The van der Waals surface area contributed by atoms with Crippen molar-refractivity contribution in [2.24, 2.45) is 0 Å². The topological polar surface area (TPSA) is 47.8 Å². The molecule has 0 N–H and O–H groups in total. The molecule has 1 aromatic carbocycles. The van der Waals surface area contributed by atoms with Crippen molar-refractivity contribution in [3.05, 3.63) is 57.5 Å². The van der Waals surface area contributed by atoms with Crippen LogP contribution >= 0.6 is 34.7 Å². The second-order valence-corrected chi connectivity index (χ2v) is 7.24. The minimum atomic E-state index is 0.0428. The fourth-order valence-electron chi connectivity index (χ4n) is 1.99. The quantitative estimate of drug-likeness (QED) is 0.510. The van der Waals surface area contributed by atoms with Crippen LogP contribution in [-0.2, 0) is 0 Å². The van der Waals surface area contributed by atoms with Gasteiger partial charge in [-0.3, -0.25) is 9.36 Å². The molecular weight excluding hydrogens is 338 g/mol. The van der Waals surface area contributed by atoms with E-state index in [0.29, 0.717) is 20.1 Å². The summed E-state index contributed by atoms with van der Waals surface area (Å²) in [5.74, 6) is 0.350. The molecule has 0 atom stereocenters. The highest BCUT2D eigenvalue weighted by atomic mass is 35.5. The van der Waals surface area contributed by atoms with E-state index >= 15 is 0 Å². The van der Waals surface area contributed by atoms with Crippen molar-refractivity contribution >= 4 is 40.5 Å². The fourth-order valence-corrected chi connectivity index (χ4v) is 3.86. The summed E-state index contributed by atoms with van der Waals surface area (Å²) in [6.45, 7) is 2.03. The van der Waals surface area contributed by atoms with E-state index in [-0.39, 0.29) is 5.78 Å². The average Bonchev–Trinajstić information content (AvgIpc) is 3.14. The van der Waals surface area contributed by atoms with Gasteiger partial charge in [0.05, 0.1) is 20.7 Å². The van der Waals surface area contributed by atoms with Gasteiger partial charge >= 0.3 is 0 Å². The molecule has 0 radical (unpaired) electrons. The van der Waals surface area contributed by atoms with E-state index in [4.69, 9.17) is 11.6 Å². The van der Waals surface area contributed by atoms with Crippen molar-refractivity contribution in [3.8, 4) is 5.69 Å². The zero-order valence-electron chi connectivity index (χ0n) is 11.7. The van der Waals surface area contributed by atoms with Crippen molar-refractivity contribution in [1.29, 1.82) is 0 Å². The van der Waals surface area contributed by atoms with Gasteiger partial charge in [-0.1, -0.05) is 41.6 Å². The summed E-state index contributed by atoms with van der Waals surface area (Å²) in [5, 5.41) is 8.76. The number of rotatable bonds is 5. The van der Waals surface area contributed by atoms with Gasteiger partial charge in [-0.2, -0.15) is 0 Å². The predicted octanol–water partition coefficient (Wildman–Crippen LogP) is 4.27. The number of thioether (sulfide) groups is 1. The predicted molar refractivity (Wildman–Crippen MR) is 90.5 cm³/mol. The third-order valence-corrected chi connectivity index (χ3v) is 5.29. The van der Waals surface area contributed by atoms with Crippen molar-refractivity contribution in [2.75, 3.05) is 5.75 Å². The molecule has 0 amide bonds. The Hall–Kier alpha value is -1.63. The number of carbonyl (C=O) groups is 1. The molecule has 7 heteroatoms. The summed E-state index contributed by atoms with van der Waals surface area (Å²) in [4.78, 5) is 12.8. The van der Waals surface area contributed by atoms with Gasteiger partial charge < -0.3 is 0 Å². The number of halogens is 1. The Labute approximate surface area is 141 Å². The number of thiophene rings is 1. The first-order valence-electron chi connectivity index (χ1n) is 6.52. The Balaban J connectivity index is 1.76. The lowest BCUT2D eigenvalue weighted by Gasteiger charge is -2.08. The van der Waals surface area contributed by atoms with Gasteiger partial charge in [0.2, 0.25) is 0 Å². The van der Waals surface area contributed by atoms with Gasteiger partial charge in [0.25, 0.3) is 0 Å². The monoisotopic (exact) mass is 349 g/mol. The highest BCUT2D eigenvalue weighted by molar-refractivity contribution is 7.99. The summed E-state index contributed by atoms with van der Waals surface area (Å²) in [6.07, 6.45) is 1.66. The SMILES string of the molecule is Cc1ccccc1-n1cnnc1SCC(=O)c1ccc(Cl)s1. The van der Waals surface area contributed by atoms with Crippen LogP contribution in [0, 0.1) is 6.92 Å². The molecule has 0 spiro atoms. The first-order valence-corrected chi connectivity index (χ1v) is 8.70. The Morgan fingerprint density at radius 2 is 2.14 bits per heavy atom. The molecule has 4 nitrogen and oxygen atoms in total. The third-order valence-electron chi connectivity index (χ3n) is 3.07. The van der Waals surface area contributed by atoms with Gasteiger partial charge in [0, 0.05) is 0 Å². The van der Waals surface area contributed by atoms with E-state index in [1.165, 1.54) is 23.1 Å². The summed E-state index contributed by atoms with van der Waals surface area (Å²) in [7, 11) is 0. The van der Waals surface area contributed by atoms with Crippen LogP contribution < -0.4 is 0 Å². The second-order valence-electron chi connectivity index (χ2n) is 4.59. The maximum atomic E-state index is 12.1. The highest BCUT2D eigenvalue weighted by Crippen LogP contribution is 2.26. The van der Waals surface area contributed by atoms with Gasteiger partial charge in [0.15, 0.2) is 10.9 Å². The molecule has 0 aliphatic heterocycles. The van der Waals surface area contributed by atoms with Crippen molar-refractivity contribution in [3.63, 3.8) is 0 Å². The molecule has 0 aliphatic carbocycles. The van der Waals surface area contributed by atoms with E-state index in [2.05, 4.69) is 10.2 Å². The van der Waals surface area contributed by atoms with Gasteiger partial charge in [-0.05, 0) is 30.7 Å². The Bertz CT molecular complexity index is 812. The molecule has 0 unspecified atom stereocenters. The van der Waals surface area contributed by atoms with Crippen LogP contribution in [0.4, 0.5) is 0 Å². The molecule has 112 valence electrons. The Morgan fingerprint density at radius 1 is 1.32 bits per heavy atom. The normalized spacial score (nSPS) is 10.8. The number of hydrogen-bond donors (Lipinski definition) is 0. The minimum Gasteiger partial charge on any atom is -0.292 e. The highest BCUT2D eigenvalue weighted by Gasteiger charge is 2.13. The van der Waals surface area contributed by atoms with Crippen LogP contribution in [0.5, 0.6) is 0 Å². The number of ketones is 1. The Morgan fingerprint density at radius 3 is 2.86 bits per heavy atom. The van der Waals surface area contributed by atoms with Crippen LogP contribution in [0.15, 0.2) is 47.9 Å². The zero-order valence-corrected chi connectivity index (χ0v) is 14.1. The minimum absolute atomic E-state index is 0.0428. The Kier molecular flexibility index (Phi) is 4.61. The van der Waals surface area contributed by atoms with Crippen molar-refractivity contribution in [2.45, 2.75) is 12.1 Å². The number of para-hydroxylation sites is 1. The molecule has 22 heavy (non-hydrogen) atoms. The summed E-state index contributed by atoms with van der Waals surface area (Å²) in [5.41, 5.74) is 2.14. The molecule has 3 aromatic rings. The number of benzene rings is 1. The number of nitrogens with zero attached hydrogens (tertiary/aromatic N) is 3. The fraction of sp³-hybridized carbons (Fsp3) is 0.133. The molecule has 3 rings (SSSR count). The number of aromatic nitrogens is 3. The maximum Gasteiger partial charge on any atom is 0.196 e. The second kappa shape index (κ2) is 6.64. The molecule has 2 aromatic heterocycles. The summed E-state index contributed by atoms with van der Waals surface area (Å²) < 4.78 is 2.52. The molecule has 2 heterocycles. The van der Waals surface area contributed by atoms with E-state index in [1.54, 1.807) is 18.5 Å². The molecular formula is C15H12ClN3OS2. The number of carbonyl (C=O) groups excluding carboxylic acids is 1. The van der Waals surface area contributed by atoms with E-state index < -0.39 is 0 Å². The number of Topliss-reactive ketones (excluding diaryl/α,β-unsaturated/α-hetero) is 1. The van der Waals surface area contributed by atoms with Crippen molar-refractivity contribution < 1.29 is 4.79 Å². The molecule has 0 saturated carbocycles. The molecule has 0 bridgehead atoms. The first kappa shape index (κ1) is 15.3. The standard InChI is InChI=1S/C15H12ClN3OS2/c1-10-4-2-3-5-11(10)19-9-17-18-15(19)21-8-12(20)13-6-7-14(16)22-13/h2-7,9H,8H2,1H3. The summed E-state index contributed by atoms with van der Waals surface area (Å²) >= 11 is 8.53. The van der Waals surface area contributed by atoms with E-state index in [0.717, 1.165) is 11.3 Å². The van der Waals surface area contributed by atoms with Crippen LogP contribution in [0.2, 0.25) is 4.34 Å². The maximum absolute atomic E-state index is 12.1. The number of aryl methyl sites for hydroxylation is 1. The summed E-state index contributed by atoms with van der Waals surface area (Å²) in [6, 6.07) is 11.5. The van der Waals surface area contributed by atoms with Gasteiger partial charge in [-0.15, -0.1) is 21.5 Å². The lowest BCUT2D eigenvalue weighted by molar-refractivity contribution is 0.102. The smallest absolute Gasteiger partial charge is 0.196 e. The molecule has 0 fully saturated rings. The van der Waals surface area contributed by atoms with Crippen LogP contribution in [0.3, 0.4) is 0 Å². The average molecular weight is 350 g/mol. The lowest BCUT2D eigenvalue weighted by Crippen LogP contribution is -2.03.